The molecule has 1 heterocycles. The molecule has 2 heteroatoms. The van der Waals surface area contributed by atoms with Gasteiger partial charge in [0.25, 0.3) is 0 Å². The molecule has 3 rings (SSSR count). The van der Waals surface area contributed by atoms with Gasteiger partial charge in [-0.25, -0.2) is 0 Å². The van der Waals surface area contributed by atoms with Crippen molar-refractivity contribution in [1.82, 2.24) is 4.90 Å². The van der Waals surface area contributed by atoms with Gasteiger partial charge in [-0.3, -0.25) is 9.69 Å². The number of fused-ring (bicyclic) bond motifs is 1. The molecule has 2 aliphatic rings. The quantitative estimate of drug-likeness (QED) is 0.784. The Balaban J connectivity index is 1.93. The lowest BCUT2D eigenvalue weighted by atomic mass is 9.82. The van der Waals surface area contributed by atoms with E-state index in [9.17, 15) is 4.79 Å². The van der Waals surface area contributed by atoms with Gasteiger partial charge < -0.3 is 0 Å². The molecule has 106 valence electrons. The largest absolute Gasteiger partial charge is 0.299 e. The van der Waals surface area contributed by atoms with E-state index in [1.165, 1.54) is 12.0 Å². The van der Waals surface area contributed by atoms with E-state index >= 15 is 0 Å². The molecular weight excluding hydrogens is 246 g/mol. The van der Waals surface area contributed by atoms with Gasteiger partial charge in [0.05, 0.1) is 0 Å². The standard InChI is InChI=1S/C18H23NO/c1-2-12-19-13-15(14-8-4-3-5-9-14)18-16(19)10-6-7-11-17(18)20/h2-5,8-9,15-16,18H,1,6-7,10-13H2/t15-,16+,18-/m0/s1. The van der Waals surface area contributed by atoms with Crippen molar-refractivity contribution < 1.29 is 4.79 Å². The molecule has 1 aromatic rings. The third-order valence-corrected chi connectivity index (χ3v) is 4.88. The summed E-state index contributed by atoms with van der Waals surface area (Å²) in [5, 5.41) is 0. The molecule has 0 aromatic heterocycles. The highest BCUT2D eigenvalue weighted by Crippen LogP contribution is 2.42. The van der Waals surface area contributed by atoms with Gasteiger partial charge >= 0.3 is 0 Å². The molecule has 2 nitrogen and oxygen atoms in total. The number of carbonyl (C=O) groups is 1. The molecule has 20 heavy (non-hydrogen) atoms. The Morgan fingerprint density at radius 1 is 1.25 bits per heavy atom. The number of rotatable bonds is 3. The van der Waals surface area contributed by atoms with Gasteiger partial charge in [0.1, 0.15) is 5.78 Å². The summed E-state index contributed by atoms with van der Waals surface area (Å²) in [7, 11) is 0. The average Bonchev–Trinajstić information content (AvgIpc) is 2.72. The van der Waals surface area contributed by atoms with E-state index in [2.05, 4.69) is 35.7 Å². The predicted octanol–water partition coefficient (Wildman–Crippen LogP) is 3.40. The zero-order valence-corrected chi connectivity index (χ0v) is 12.0. The molecule has 1 aliphatic heterocycles. The molecule has 1 saturated carbocycles. The van der Waals surface area contributed by atoms with Gasteiger partial charge in [-0.2, -0.15) is 0 Å². The lowest BCUT2D eigenvalue weighted by Crippen LogP contribution is -2.34. The van der Waals surface area contributed by atoms with Crippen LogP contribution >= 0.6 is 0 Å². The normalized spacial score (nSPS) is 30.8. The summed E-state index contributed by atoms with van der Waals surface area (Å²) in [6.45, 7) is 5.77. The Morgan fingerprint density at radius 3 is 2.80 bits per heavy atom. The number of nitrogens with zero attached hydrogens (tertiary/aromatic N) is 1. The summed E-state index contributed by atoms with van der Waals surface area (Å²) in [6, 6.07) is 11.0. The van der Waals surface area contributed by atoms with Gasteiger partial charge in [0.2, 0.25) is 0 Å². The second-order valence-corrected chi connectivity index (χ2v) is 6.06. The number of carbonyl (C=O) groups excluding carboxylic acids is 1. The van der Waals surface area contributed by atoms with Gasteiger partial charge in [0.15, 0.2) is 0 Å². The van der Waals surface area contributed by atoms with E-state index in [1.807, 2.05) is 12.1 Å². The van der Waals surface area contributed by atoms with E-state index in [4.69, 9.17) is 0 Å². The molecule has 1 saturated heterocycles. The molecule has 0 N–H and O–H groups in total. The van der Waals surface area contributed by atoms with Crippen LogP contribution in [0.15, 0.2) is 43.0 Å². The Hall–Kier alpha value is -1.41. The first-order chi connectivity index (χ1) is 9.81. The Kier molecular flexibility index (Phi) is 4.02. The fourth-order valence-corrected chi connectivity index (χ4v) is 4.01. The summed E-state index contributed by atoms with van der Waals surface area (Å²) in [5.41, 5.74) is 1.32. The number of ketones is 1. The topological polar surface area (TPSA) is 20.3 Å². The van der Waals surface area contributed by atoms with Crippen LogP contribution in [0, 0.1) is 5.92 Å². The van der Waals surface area contributed by atoms with Crippen molar-refractivity contribution in [3.63, 3.8) is 0 Å². The van der Waals surface area contributed by atoms with Crippen LogP contribution in [-0.4, -0.2) is 29.8 Å². The summed E-state index contributed by atoms with van der Waals surface area (Å²) >= 11 is 0. The van der Waals surface area contributed by atoms with Crippen LogP contribution < -0.4 is 0 Å². The van der Waals surface area contributed by atoms with E-state index in [1.54, 1.807) is 0 Å². The SMILES string of the molecule is C=CCN1C[C@@H](c2ccccc2)[C@@H]2C(=O)CCCC[C@H]21. The maximum absolute atomic E-state index is 12.6. The minimum Gasteiger partial charge on any atom is -0.299 e. The monoisotopic (exact) mass is 269 g/mol. The van der Waals surface area contributed by atoms with Crippen molar-refractivity contribution in [2.24, 2.45) is 5.92 Å². The minimum absolute atomic E-state index is 0.194. The van der Waals surface area contributed by atoms with Gasteiger partial charge in [-0.05, 0) is 18.4 Å². The minimum atomic E-state index is 0.194. The molecule has 2 fully saturated rings. The Morgan fingerprint density at radius 2 is 2.05 bits per heavy atom. The van der Waals surface area contributed by atoms with Crippen LogP contribution in [0.3, 0.4) is 0 Å². The second kappa shape index (κ2) is 5.92. The molecule has 0 unspecified atom stereocenters. The highest BCUT2D eigenvalue weighted by molar-refractivity contribution is 5.83. The summed E-state index contributed by atoms with van der Waals surface area (Å²) in [5.74, 6) is 1.04. The summed E-state index contributed by atoms with van der Waals surface area (Å²) in [6.07, 6.45) is 6.15. The van der Waals surface area contributed by atoms with Crippen molar-refractivity contribution in [3.05, 3.63) is 48.6 Å². The predicted molar refractivity (Wildman–Crippen MR) is 81.7 cm³/mol. The van der Waals surface area contributed by atoms with Gasteiger partial charge in [0, 0.05) is 37.4 Å². The smallest absolute Gasteiger partial charge is 0.138 e. The van der Waals surface area contributed by atoms with Crippen molar-refractivity contribution in [2.45, 2.75) is 37.6 Å². The molecule has 3 atom stereocenters. The number of benzene rings is 1. The van der Waals surface area contributed by atoms with Crippen LogP contribution in [0.2, 0.25) is 0 Å². The van der Waals surface area contributed by atoms with Crippen LogP contribution in [0.4, 0.5) is 0 Å². The maximum atomic E-state index is 12.6. The molecule has 0 spiro atoms. The Labute approximate surface area is 121 Å². The molecule has 0 radical (unpaired) electrons. The molecule has 1 aromatic carbocycles. The van der Waals surface area contributed by atoms with E-state index in [0.29, 0.717) is 17.7 Å². The molecular formula is C18H23NO. The van der Waals surface area contributed by atoms with Crippen LogP contribution in [-0.2, 0) is 4.79 Å². The average molecular weight is 269 g/mol. The molecule has 0 bridgehead atoms. The molecule has 1 aliphatic carbocycles. The fourth-order valence-electron chi connectivity index (χ4n) is 4.01. The lowest BCUT2D eigenvalue weighted by molar-refractivity contribution is -0.123. The van der Waals surface area contributed by atoms with Gasteiger partial charge in [-0.15, -0.1) is 6.58 Å². The third kappa shape index (κ3) is 2.45. The van der Waals surface area contributed by atoms with E-state index < -0.39 is 0 Å². The summed E-state index contributed by atoms with van der Waals surface area (Å²) < 4.78 is 0. The zero-order valence-electron chi connectivity index (χ0n) is 12.0. The fraction of sp³-hybridized carbons (Fsp3) is 0.500. The highest BCUT2D eigenvalue weighted by Gasteiger charge is 2.45. The van der Waals surface area contributed by atoms with Crippen molar-refractivity contribution in [2.75, 3.05) is 13.1 Å². The number of hydrogen-bond acceptors (Lipinski definition) is 2. The first-order valence-electron chi connectivity index (χ1n) is 7.74. The van der Waals surface area contributed by atoms with E-state index in [0.717, 1.165) is 32.4 Å². The number of likely N-dealkylation sites (tertiary alicyclic amines) is 1. The van der Waals surface area contributed by atoms with Crippen molar-refractivity contribution in [1.29, 1.82) is 0 Å². The maximum Gasteiger partial charge on any atom is 0.138 e. The lowest BCUT2D eigenvalue weighted by Gasteiger charge is -2.25. The van der Waals surface area contributed by atoms with Crippen molar-refractivity contribution >= 4 is 5.78 Å². The van der Waals surface area contributed by atoms with Crippen molar-refractivity contribution in [3.8, 4) is 0 Å². The van der Waals surface area contributed by atoms with Gasteiger partial charge in [-0.1, -0.05) is 42.8 Å². The summed E-state index contributed by atoms with van der Waals surface area (Å²) in [4.78, 5) is 15.0. The molecule has 0 amide bonds. The third-order valence-electron chi connectivity index (χ3n) is 4.88. The number of hydrogen-bond donors (Lipinski definition) is 0. The van der Waals surface area contributed by atoms with E-state index in [-0.39, 0.29) is 5.92 Å². The zero-order chi connectivity index (χ0) is 13.9. The van der Waals surface area contributed by atoms with Crippen LogP contribution in [0.5, 0.6) is 0 Å². The highest BCUT2D eigenvalue weighted by atomic mass is 16.1. The Bertz CT molecular complexity index is 481. The second-order valence-electron chi connectivity index (χ2n) is 6.06. The number of Topliss-reactive ketones (excluding diaryl/α,β-unsaturated/α-hetero) is 1. The van der Waals surface area contributed by atoms with Crippen LogP contribution in [0.25, 0.3) is 0 Å². The first kappa shape index (κ1) is 13.6. The first-order valence-corrected chi connectivity index (χ1v) is 7.74. The van der Waals surface area contributed by atoms with Crippen LogP contribution in [0.1, 0.15) is 37.2 Å².